The summed E-state index contributed by atoms with van der Waals surface area (Å²) in [5.41, 5.74) is 1.06. The Balaban J connectivity index is 2.87. The minimum Gasteiger partial charge on any atom is -0.497 e. The van der Waals surface area contributed by atoms with E-state index in [0.29, 0.717) is 0 Å². The average molecular weight is 253 g/mol. The summed E-state index contributed by atoms with van der Waals surface area (Å²) in [5, 5.41) is 12.6. The largest absolute Gasteiger partial charge is 0.497 e. The van der Waals surface area contributed by atoms with Gasteiger partial charge in [0.15, 0.2) is 0 Å². The Morgan fingerprint density at radius 2 is 2.00 bits per heavy atom. The monoisotopic (exact) mass is 253 g/mol. The molecular weight excluding hydrogens is 230 g/mol. The van der Waals surface area contributed by atoms with Crippen molar-refractivity contribution >= 4 is 0 Å². The first-order chi connectivity index (χ1) is 8.65. The first-order valence-corrected chi connectivity index (χ1v) is 6.25. The SMILES string of the molecule is CC[C@H](CO)NC(C)c1ccc(OC)cc1OC. The summed E-state index contributed by atoms with van der Waals surface area (Å²) in [6.45, 7) is 4.24. The van der Waals surface area contributed by atoms with E-state index in [4.69, 9.17) is 9.47 Å². The maximum Gasteiger partial charge on any atom is 0.127 e. The minimum atomic E-state index is 0.104. The van der Waals surface area contributed by atoms with Gasteiger partial charge in [-0.05, 0) is 19.4 Å². The maximum atomic E-state index is 9.22. The van der Waals surface area contributed by atoms with Crippen LogP contribution < -0.4 is 14.8 Å². The molecule has 18 heavy (non-hydrogen) atoms. The molecule has 0 aliphatic rings. The highest BCUT2D eigenvalue weighted by molar-refractivity contribution is 5.42. The first kappa shape index (κ1) is 14.8. The van der Waals surface area contributed by atoms with Crippen LogP contribution >= 0.6 is 0 Å². The zero-order valence-electron chi connectivity index (χ0n) is 11.6. The van der Waals surface area contributed by atoms with Crippen LogP contribution in [0.1, 0.15) is 31.9 Å². The smallest absolute Gasteiger partial charge is 0.127 e. The summed E-state index contributed by atoms with van der Waals surface area (Å²) in [7, 11) is 3.28. The molecule has 0 spiro atoms. The molecule has 0 heterocycles. The Morgan fingerprint density at radius 3 is 2.50 bits per heavy atom. The maximum absolute atomic E-state index is 9.22. The fourth-order valence-electron chi connectivity index (χ4n) is 1.92. The molecule has 1 unspecified atom stereocenters. The predicted molar refractivity (Wildman–Crippen MR) is 72.3 cm³/mol. The molecule has 102 valence electrons. The van der Waals surface area contributed by atoms with Gasteiger partial charge in [0.1, 0.15) is 11.5 Å². The third-order valence-electron chi connectivity index (χ3n) is 3.11. The third kappa shape index (κ3) is 3.62. The lowest BCUT2D eigenvalue weighted by atomic mass is 10.1. The summed E-state index contributed by atoms with van der Waals surface area (Å²) in [6, 6.07) is 5.98. The zero-order valence-corrected chi connectivity index (χ0v) is 11.6. The van der Waals surface area contributed by atoms with Gasteiger partial charge >= 0.3 is 0 Å². The molecular formula is C14H23NO3. The second-order valence-corrected chi connectivity index (χ2v) is 4.28. The fourth-order valence-corrected chi connectivity index (χ4v) is 1.92. The molecule has 2 atom stereocenters. The van der Waals surface area contributed by atoms with E-state index in [2.05, 4.69) is 12.2 Å². The van der Waals surface area contributed by atoms with Gasteiger partial charge in [-0.15, -0.1) is 0 Å². The molecule has 1 aromatic carbocycles. The Labute approximate surface area is 109 Å². The summed E-state index contributed by atoms with van der Waals surface area (Å²) in [5.74, 6) is 1.57. The van der Waals surface area contributed by atoms with Crippen molar-refractivity contribution in [2.75, 3.05) is 20.8 Å². The van der Waals surface area contributed by atoms with Gasteiger partial charge in [-0.2, -0.15) is 0 Å². The van der Waals surface area contributed by atoms with Gasteiger partial charge in [0.25, 0.3) is 0 Å². The van der Waals surface area contributed by atoms with Crippen molar-refractivity contribution in [1.82, 2.24) is 5.32 Å². The number of hydrogen-bond donors (Lipinski definition) is 2. The fraction of sp³-hybridized carbons (Fsp3) is 0.571. The normalized spacial score (nSPS) is 14.1. The van der Waals surface area contributed by atoms with Gasteiger partial charge in [0.05, 0.1) is 20.8 Å². The summed E-state index contributed by atoms with van der Waals surface area (Å²) < 4.78 is 10.5. The lowest BCUT2D eigenvalue weighted by molar-refractivity contribution is 0.229. The Bertz CT molecular complexity index is 364. The van der Waals surface area contributed by atoms with E-state index in [0.717, 1.165) is 23.5 Å². The molecule has 4 nitrogen and oxygen atoms in total. The van der Waals surface area contributed by atoms with Crippen LogP contribution in [-0.4, -0.2) is 32.0 Å². The number of rotatable bonds is 7. The summed E-state index contributed by atoms with van der Waals surface area (Å²) >= 11 is 0. The highest BCUT2D eigenvalue weighted by atomic mass is 16.5. The molecule has 0 fully saturated rings. The van der Waals surface area contributed by atoms with Gasteiger partial charge in [-0.1, -0.05) is 13.0 Å². The highest BCUT2D eigenvalue weighted by Gasteiger charge is 2.15. The summed E-state index contributed by atoms with van der Waals surface area (Å²) in [4.78, 5) is 0. The Kier molecular flexibility index (Phi) is 5.95. The molecule has 0 aromatic heterocycles. The van der Waals surface area contributed by atoms with Gasteiger partial charge in [-0.3, -0.25) is 0 Å². The molecule has 0 saturated carbocycles. The topological polar surface area (TPSA) is 50.7 Å². The third-order valence-corrected chi connectivity index (χ3v) is 3.11. The van der Waals surface area contributed by atoms with Crippen LogP contribution in [0.5, 0.6) is 11.5 Å². The minimum absolute atomic E-state index is 0.104. The van der Waals surface area contributed by atoms with Crippen molar-refractivity contribution in [1.29, 1.82) is 0 Å². The molecule has 0 saturated heterocycles. The second kappa shape index (κ2) is 7.24. The molecule has 0 bridgehead atoms. The van der Waals surface area contributed by atoms with E-state index in [1.165, 1.54) is 0 Å². The number of aliphatic hydroxyl groups is 1. The lowest BCUT2D eigenvalue weighted by Gasteiger charge is -2.22. The highest BCUT2D eigenvalue weighted by Crippen LogP contribution is 2.29. The number of nitrogens with one attached hydrogen (secondary N) is 1. The number of ether oxygens (including phenoxy) is 2. The van der Waals surface area contributed by atoms with Crippen molar-refractivity contribution in [3.8, 4) is 11.5 Å². The van der Waals surface area contributed by atoms with E-state index in [9.17, 15) is 5.11 Å². The van der Waals surface area contributed by atoms with Crippen molar-refractivity contribution in [3.05, 3.63) is 23.8 Å². The first-order valence-electron chi connectivity index (χ1n) is 6.25. The zero-order chi connectivity index (χ0) is 13.5. The number of aliphatic hydroxyl groups excluding tert-OH is 1. The molecule has 0 aliphatic carbocycles. The van der Waals surface area contributed by atoms with Crippen molar-refractivity contribution in [2.24, 2.45) is 0 Å². The molecule has 4 heteroatoms. The molecule has 1 rings (SSSR count). The quantitative estimate of drug-likeness (QED) is 0.781. The second-order valence-electron chi connectivity index (χ2n) is 4.28. The number of benzene rings is 1. The van der Waals surface area contributed by atoms with E-state index in [-0.39, 0.29) is 18.7 Å². The predicted octanol–water partition coefficient (Wildman–Crippen LogP) is 2.13. The molecule has 0 amide bonds. The van der Waals surface area contributed by atoms with E-state index < -0.39 is 0 Å². The standard InChI is InChI=1S/C14H23NO3/c1-5-11(9-16)15-10(2)13-7-6-12(17-3)8-14(13)18-4/h6-8,10-11,15-16H,5,9H2,1-4H3/t10?,11-/m1/s1. The van der Waals surface area contributed by atoms with Crippen LogP contribution in [-0.2, 0) is 0 Å². The van der Waals surface area contributed by atoms with E-state index in [1.807, 2.05) is 25.1 Å². The van der Waals surface area contributed by atoms with Gasteiger partial charge in [0, 0.05) is 23.7 Å². The van der Waals surface area contributed by atoms with Crippen LogP contribution in [0.3, 0.4) is 0 Å². The van der Waals surface area contributed by atoms with Crippen molar-refractivity contribution in [2.45, 2.75) is 32.4 Å². The van der Waals surface area contributed by atoms with Crippen LogP contribution in [0.25, 0.3) is 0 Å². The number of hydrogen-bond acceptors (Lipinski definition) is 4. The van der Waals surface area contributed by atoms with E-state index >= 15 is 0 Å². The van der Waals surface area contributed by atoms with Crippen LogP contribution in [0.4, 0.5) is 0 Å². The molecule has 0 radical (unpaired) electrons. The average Bonchev–Trinajstić information content (AvgIpc) is 2.43. The molecule has 1 aromatic rings. The van der Waals surface area contributed by atoms with Gasteiger partial charge in [0.2, 0.25) is 0 Å². The Morgan fingerprint density at radius 1 is 1.28 bits per heavy atom. The van der Waals surface area contributed by atoms with Gasteiger partial charge in [-0.25, -0.2) is 0 Å². The Hall–Kier alpha value is -1.26. The number of methoxy groups -OCH3 is 2. The summed E-state index contributed by atoms with van der Waals surface area (Å²) in [6.07, 6.45) is 0.888. The van der Waals surface area contributed by atoms with Crippen molar-refractivity contribution in [3.63, 3.8) is 0 Å². The van der Waals surface area contributed by atoms with E-state index in [1.54, 1.807) is 14.2 Å². The van der Waals surface area contributed by atoms with Crippen LogP contribution in [0, 0.1) is 0 Å². The van der Waals surface area contributed by atoms with Crippen LogP contribution in [0.2, 0.25) is 0 Å². The molecule has 2 N–H and O–H groups in total. The van der Waals surface area contributed by atoms with Crippen molar-refractivity contribution < 1.29 is 14.6 Å². The van der Waals surface area contributed by atoms with Gasteiger partial charge < -0.3 is 19.9 Å². The molecule has 0 aliphatic heterocycles. The van der Waals surface area contributed by atoms with Crippen LogP contribution in [0.15, 0.2) is 18.2 Å². The lowest BCUT2D eigenvalue weighted by Crippen LogP contribution is -2.34.